The molecule has 0 saturated heterocycles. The van der Waals surface area contributed by atoms with E-state index in [0.29, 0.717) is 18.0 Å². The predicted molar refractivity (Wildman–Crippen MR) is 67.2 cm³/mol. The second kappa shape index (κ2) is 4.98. The summed E-state index contributed by atoms with van der Waals surface area (Å²) in [6.07, 6.45) is 0.457. The minimum Gasteiger partial charge on any atom is -0.481 e. The Kier molecular flexibility index (Phi) is 3.57. The minimum absolute atomic E-state index is 0.0997. The molecule has 1 aromatic rings. The van der Waals surface area contributed by atoms with E-state index < -0.39 is 11.9 Å². The fraction of sp³-hybridized carbons (Fsp3) is 0.385. The first-order chi connectivity index (χ1) is 8.49. The third-order valence-corrected chi connectivity index (χ3v) is 3.39. The van der Waals surface area contributed by atoms with Crippen LogP contribution in [0, 0.1) is 11.8 Å². The molecular weight excluding hydrogens is 254 g/mol. The molecule has 0 aliphatic heterocycles. The van der Waals surface area contributed by atoms with Crippen LogP contribution in [-0.4, -0.2) is 28.9 Å². The molecule has 18 heavy (non-hydrogen) atoms. The fourth-order valence-electron chi connectivity index (χ4n) is 1.97. The van der Waals surface area contributed by atoms with Crippen molar-refractivity contribution in [3.8, 4) is 0 Å². The van der Waals surface area contributed by atoms with Crippen LogP contribution < -0.4 is 0 Å². The number of hydrogen-bond donors (Lipinski definition) is 1. The van der Waals surface area contributed by atoms with E-state index in [2.05, 4.69) is 0 Å². The van der Waals surface area contributed by atoms with Gasteiger partial charge in [0.2, 0.25) is 5.91 Å². The highest BCUT2D eigenvalue weighted by Crippen LogP contribution is 2.40. The van der Waals surface area contributed by atoms with Crippen LogP contribution in [0.3, 0.4) is 0 Å². The van der Waals surface area contributed by atoms with Crippen molar-refractivity contribution in [2.45, 2.75) is 13.0 Å². The van der Waals surface area contributed by atoms with Crippen molar-refractivity contribution in [1.82, 2.24) is 4.90 Å². The van der Waals surface area contributed by atoms with Crippen molar-refractivity contribution < 1.29 is 14.7 Å². The van der Waals surface area contributed by atoms with Crippen LogP contribution in [0.15, 0.2) is 24.3 Å². The van der Waals surface area contributed by atoms with E-state index >= 15 is 0 Å². The maximum Gasteiger partial charge on any atom is 0.307 e. The Morgan fingerprint density at radius 3 is 2.44 bits per heavy atom. The standard InChI is InChI=1S/C13H14ClNO3/c1-15(7-8-2-4-9(14)5-3-8)12(16)10-6-11(10)13(17)18/h2-5,10-11H,6-7H2,1H3,(H,17,18)/t10-,11+/m1/s1. The maximum absolute atomic E-state index is 11.9. The molecule has 1 N–H and O–H groups in total. The van der Waals surface area contributed by atoms with E-state index in [1.807, 2.05) is 12.1 Å². The summed E-state index contributed by atoms with van der Waals surface area (Å²) in [4.78, 5) is 24.2. The number of carbonyl (C=O) groups is 2. The van der Waals surface area contributed by atoms with E-state index in [1.165, 1.54) is 0 Å². The van der Waals surface area contributed by atoms with Gasteiger partial charge >= 0.3 is 5.97 Å². The van der Waals surface area contributed by atoms with Crippen molar-refractivity contribution in [3.05, 3.63) is 34.9 Å². The van der Waals surface area contributed by atoms with Crippen LogP contribution in [-0.2, 0) is 16.1 Å². The highest BCUT2D eigenvalue weighted by atomic mass is 35.5. The molecule has 2 atom stereocenters. The lowest BCUT2D eigenvalue weighted by molar-refractivity contribution is -0.141. The summed E-state index contributed by atoms with van der Waals surface area (Å²) in [5.74, 6) is -1.82. The molecule has 0 heterocycles. The number of benzene rings is 1. The quantitative estimate of drug-likeness (QED) is 0.908. The van der Waals surface area contributed by atoms with Crippen molar-refractivity contribution in [2.24, 2.45) is 11.8 Å². The lowest BCUT2D eigenvalue weighted by Gasteiger charge is -2.17. The Balaban J connectivity index is 1.92. The van der Waals surface area contributed by atoms with Gasteiger partial charge in [0, 0.05) is 18.6 Å². The van der Waals surface area contributed by atoms with Gasteiger partial charge in [0.15, 0.2) is 0 Å². The van der Waals surface area contributed by atoms with Crippen molar-refractivity contribution in [2.75, 3.05) is 7.05 Å². The first-order valence-corrected chi connectivity index (χ1v) is 6.09. The first kappa shape index (κ1) is 12.9. The summed E-state index contributed by atoms with van der Waals surface area (Å²) in [5, 5.41) is 9.44. The number of amides is 1. The van der Waals surface area contributed by atoms with Gasteiger partial charge in [-0.3, -0.25) is 9.59 Å². The molecule has 0 bridgehead atoms. The molecule has 1 aromatic carbocycles. The number of halogens is 1. The number of hydrogen-bond acceptors (Lipinski definition) is 2. The van der Waals surface area contributed by atoms with Gasteiger partial charge in [-0.1, -0.05) is 23.7 Å². The Labute approximate surface area is 110 Å². The van der Waals surface area contributed by atoms with Gasteiger partial charge in [0.05, 0.1) is 11.8 Å². The van der Waals surface area contributed by atoms with Crippen molar-refractivity contribution in [3.63, 3.8) is 0 Å². The molecule has 1 amide bonds. The van der Waals surface area contributed by atoms with Gasteiger partial charge in [-0.2, -0.15) is 0 Å². The fourth-order valence-corrected chi connectivity index (χ4v) is 2.09. The molecule has 1 aliphatic carbocycles. The minimum atomic E-state index is -0.881. The molecule has 1 saturated carbocycles. The normalized spacial score (nSPS) is 21.4. The smallest absolute Gasteiger partial charge is 0.307 e. The van der Waals surface area contributed by atoms with E-state index in [9.17, 15) is 9.59 Å². The van der Waals surface area contributed by atoms with Gasteiger partial charge in [-0.05, 0) is 24.1 Å². The second-order valence-electron chi connectivity index (χ2n) is 4.61. The van der Waals surface area contributed by atoms with Crippen molar-refractivity contribution in [1.29, 1.82) is 0 Å². The second-order valence-corrected chi connectivity index (χ2v) is 5.04. The largest absolute Gasteiger partial charge is 0.481 e. The van der Waals surface area contributed by atoms with Crippen LogP contribution in [0.2, 0.25) is 5.02 Å². The van der Waals surface area contributed by atoms with Crippen LogP contribution in [0.4, 0.5) is 0 Å². The van der Waals surface area contributed by atoms with Gasteiger partial charge in [0.1, 0.15) is 0 Å². The van der Waals surface area contributed by atoms with Crippen LogP contribution in [0.1, 0.15) is 12.0 Å². The SMILES string of the molecule is CN(Cc1ccc(Cl)cc1)C(=O)[C@@H]1C[C@@H]1C(=O)O. The van der Waals surface area contributed by atoms with Gasteiger partial charge in [0.25, 0.3) is 0 Å². The van der Waals surface area contributed by atoms with E-state index in [4.69, 9.17) is 16.7 Å². The molecule has 0 spiro atoms. The Morgan fingerprint density at radius 1 is 1.33 bits per heavy atom. The Hall–Kier alpha value is -1.55. The third-order valence-electron chi connectivity index (χ3n) is 3.13. The maximum atomic E-state index is 11.9. The summed E-state index contributed by atoms with van der Waals surface area (Å²) in [7, 11) is 1.69. The van der Waals surface area contributed by atoms with E-state index in [-0.39, 0.29) is 11.8 Å². The molecule has 4 nitrogen and oxygen atoms in total. The zero-order chi connectivity index (χ0) is 13.3. The highest BCUT2D eigenvalue weighted by Gasteiger charge is 2.49. The summed E-state index contributed by atoms with van der Waals surface area (Å²) in [5.41, 5.74) is 0.975. The highest BCUT2D eigenvalue weighted by molar-refractivity contribution is 6.30. The molecule has 0 unspecified atom stereocenters. The number of carbonyl (C=O) groups excluding carboxylic acids is 1. The number of rotatable bonds is 4. The number of carboxylic acid groups (broad SMARTS) is 1. The molecule has 0 aromatic heterocycles. The molecule has 2 rings (SSSR count). The van der Waals surface area contributed by atoms with Crippen LogP contribution >= 0.6 is 11.6 Å². The van der Waals surface area contributed by atoms with Crippen molar-refractivity contribution >= 4 is 23.5 Å². The molecular formula is C13H14ClNO3. The average molecular weight is 268 g/mol. The summed E-state index contributed by atoms with van der Waals surface area (Å²) in [6, 6.07) is 7.25. The Bertz CT molecular complexity index is 472. The lowest BCUT2D eigenvalue weighted by Crippen LogP contribution is -2.28. The molecule has 96 valence electrons. The summed E-state index contributed by atoms with van der Waals surface area (Å²) < 4.78 is 0. The first-order valence-electron chi connectivity index (χ1n) is 5.71. The summed E-state index contributed by atoms with van der Waals surface area (Å²) in [6.45, 7) is 0.471. The average Bonchev–Trinajstić information content (AvgIpc) is 3.11. The van der Waals surface area contributed by atoms with Crippen LogP contribution in [0.5, 0.6) is 0 Å². The predicted octanol–water partition coefficient (Wildman–Crippen LogP) is 2.02. The van der Waals surface area contributed by atoms with E-state index in [0.717, 1.165) is 5.56 Å². The molecule has 1 aliphatic rings. The van der Waals surface area contributed by atoms with Gasteiger partial charge in [-0.15, -0.1) is 0 Å². The lowest BCUT2D eigenvalue weighted by atomic mass is 10.2. The number of nitrogens with zero attached hydrogens (tertiary/aromatic N) is 1. The summed E-state index contributed by atoms with van der Waals surface area (Å²) >= 11 is 5.78. The van der Waals surface area contributed by atoms with E-state index in [1.54, 1.807) is 24.1 Å². The zero-order valence-electron chi connectivity index (χ0n) is 9.97. The molecule has 5 heteroatoms. The number of aliphatic carboxylic acids is 1. The number of carboxylic acids is 1. The van der Waals surface area contributed by atoms with Gasteiger partial charge < -0.3 is 10.0 Å². The molecule has 1 fully saturated rings. The zero-order valence-corrected chi connectivity index (χ0v) is 10.7. The topological polar surface area (TPSA) is 57.6 Å². The monoisotopic (exact) mass is 267 g/mol. The third kappa shape index (κ3) is 2.82. The van der Waals surface area contributed by atoms with Crippen LogP contribution in [0.25, 0.3) is 0 Å². The molecule has 0 radical (unpaired) electrons. The Morgan fingerprint density at radius 2 is 1.94 bits per heavy atom. The van der Waals surface area contributed by atoms with Gasteiger partial charge in [-0.25, -0.2) is 0 Å².